The molecule has 1 saturated carbocycles. The molecule has 1 amide bonds. The topological polar surface area (TPSA) is 41.6 Å². The SMILES string of the molecule is COc1ccsc1C(=O)N1CCNCC12CCCCC2. The van der Waals surface area contributed by atoms with E-state index in [0.717, 1.165) is 37.4 Å². The summed E-state index contributed by atoms with van der Waals surface area (Å²) < 4.78 is 5.32. The smallest absolute Gasteiger partial charge is 0.268 e. The standard InChI is InChI=1S/C15H22N2O2S/c1-19-12-5-10-20-13(12)14(18)17-9-8-16-11-15(17)6-3-2-4-7-15/h5,10,16H,2-4,6-9,11H2,1H3. The highest BCUT2D eigenvalue weighted by atomic mass is 32.1. The van der Waals surface area contributed by atoms with Crippen LogP contribution >= 0.6 is 11.3 Å². The molecular formula is C15H22N2O2S. The number of ether oxygens (including phenoxy) is 1. The molecule has 1 aliphatic heterocycles. The maximum atomic E-state index is 12.9. The van der Waals surface area contributed by atoms with Gasteiger partial charge in [0.25, 0.3) is 5.91 Å². The first kappa shape index (κ1) is 13.9. The predicted octanol–water partition coefficient (Wildman–Crippen LogP) is 2.51. The van der Waals surface area contributed by atoms with Crippen LogP contribution in [-0.2, 0) is 0 Å². The van der Waals surface area contributed by atoms with Gasteiger partial charge in [-0.2, -0.15) is 0 Å². The molecule has 110 valence electrons. The molecule has 3 rings (SSSR count). The van der Waals surface area contributed by atoms with Crippen LogP contribution in [0, 0.1) is 0 Å². The van der Waals surface area contributed by atoms with E-state index >= 15 is 0 Å². The van der Waals surface area contributed by atoms with Crippen LogP contribution in [0.25, 0.3) is 0 Å². The lowest BCUT2D eigenvalue weighted by atomic mass is 9.79. The Morgan fingerprint density at radius 3 is 2.95 bits per heavy atom. The van der Waals surface area contributed by atoms with Gasteiger partial charge in [-0.25, -0.2) is 0 Å². The van der Waals surface area contributed by atoms with Crippen LogP contribution in [0.3, 0.4) is 0 Å². The van der Waals surface area contributed by atoms with Crippen molar-refractivity contribution < 1.29 is 9.53 Å². The number of rotatable bonds is 2. The minimum atomic E-state index is 0.0303. The molecule has 1 saturated heterocycles. The molecule has 0 aromatic carbocycles. The fourth-order valence-electron chi connectivity index (χ4n) is 3.55. The number of carbonyl (C=O) groups excluding carboxylic acids is 1. The summed E-state index contributed by atoms with van der Waals surface area (Å²) >= 11 is 1.49. The van der Waals surface area contributed by atoms with E-state index in [2.05, 4.69) is 10.2 Å². The molecule has 0 unspecified atom stereocenters. The Morgan fingerprint density at radius 2 is 2.20 bits per heavy atom. The van der Waals surface area contributed by atoms with E-state index in [1.54, 1.807) is 7.11 Å². The minimum Gasteiger partial charge on any atom is -0.495 e. The van der Waals surface area contributed by atoms with Gasteiger partial charge in [0, 0.05) is 19.6 Å². The van der Waals surface area contributed by atoms with E-state index in [0.29, 0.717) is 5.75 Å². The van der Waals surface area contributed by atoms with E-state index in [1.807, 2.05) is 11.4 Å². The Kier molecular flexibility index (Phi) is 3.98. The first-order chi connectivity index (χ1) is 9.77. The van der Waals surface area contributed by atoms with Crippen LogP contribution in [0.2, 0.25) is 0 Å². The molecule has 0 bridgehead atoms. The number of hydrogen-bond acceptors (Lipinski definition) is 4. The van der Waals surface area contributed by atoms with Gasteiger partial charge in [-0.3, -0.25) is 4.79 Å². The second kappa shape index (κ2) is 5.74. The van der Waals surface area contributed by atoms with Gasteiger partial charge in [0.15, 0.2) is 0 Å². The molecular weight excluding hydrogens is 272 g/mol. The molecule has 1 aliphatic carbocycles. The van der Waals surface area contributed by atoms with Crippen molar-refractivity contribution in [2.45, 2.75) is 37.6 Å². The highest BCUT2D eigenvalue weighted by molar-refractivity contribution is 7.12. The fraction of sp³-hybridized carbons (Fsp3) is 0.667. The normalized spacial score (nSPS) is 21.9. The van der Waals surface area contributed by atoms with Gasteiger partial charge in [0.2, 0.25) is 0 Å². The van der Waals surface area contributed by atoms with Gasteiger partial charge >= 0.3 is 0 Å². The van der Waals surface area contributed by atoms with E-state index in [1.165, 1.54) is 30.6 Å². The average Bonchev–Trinajstić information content (AvgIpc) is 2.96. The highest BCUT2D eigenvalue weighted by Crippen LogP contribution is 2.37. The second-order valence-corrected chi connectivity index (χ2v) is 6.65. The number of amides is 1. The first-order valence-corrected chi connectivity index (χ1v) is 8.29. The van der Waals surface area contributed by atoms with Crippen LogP contribution in [0.1, 0.15) is 41.8 Å². The Balaban J connectivity index is 1.88. The third kappa shape index (κ3) is 2.33. The number of thiophene rings is 1. The first-order valence-electron chi connectivity index (χ1n) is 7.41. The highest BCUT2D eigenvalue weighted by Gasteiger charge is 2.43. The number of methoxy groups -OCH3 is 1. The van der Waals surface area contributed by atoms with Crippen molar-refractivity contribution >= 4 is 17.2 Å². The molecule has 1 aromatic rings. The molecule has 5 heteroatoms. The van der Waals surface area contributed by atoms with Gasteiger partial charge in [-0.1, -0.05) is 19.3 Å². The van der Waals surface area contributed by atoms with Crippen molar-refractivity contribution in [2.75, 3.05) is 26.7 Å². The van der Waals surface area contributed by atoms with Crippen LogP contribution in [0.4, 0.5) is 0 Å². The Morgan fingerprint density at radius 1 is 1.40 bits per heavy atom. The molecule has 1 spiro atoms. The van der Waals surface area contributed by atoms with Crippen molar-refractivity contribution in [1.29, 1.82) is 0 Å². The van der Waals surface area contributed by atoms with Gasteiger partial charge in [-0.05, 0) is 24.3 Å². The van der Waals surface area contributed by atoms with Gasteiger partial charge < -0.3 is 15.0 Å². The summed E-state index contributed by atoms with van der Waals surface area (Å²) in [6, 6.07) is 1.88. The third-order valence-corrected chi connectivity index (χ3v) is 5.50. The largest absolute Gasteiger partial charge is 0.495 e. The summed E-state index contributed by atoms with van der Waals surface area (Å²) in [5.41, 5.74) is 0.0303. The maximum absolute atomic E-state index is 12.9. The van der Waals surface area contributed by atoms with Crippen LogP contribution < -0.4 is 10.1 Å². The lowest BCUT2D eigenvalue weighted by Gasteiger charge is -2.49. The molecule has 4 nitrogen and oxygen atoms in total. The molecule has 2 heterocycles. The zero-order valence-corrected chi connectivity index (χ0v) is 12.8. The fourth-order valence-corrected chi connectivity index (χ4v) is 4.36. The second-order valence-electron chi connectivity index (χ2n) is 5.74. The Hall–Kier alpha value is -1.07. The van der Waals surface area contributed by atoms with Crippen LogP contribution in [0.15, 0.2) is 11.4 Å². The van der Waals surface area contributed by atoms with Gasteiger partial charge in [0.1, 0.15) is 10.6 Å². The van der Waals surface area contributed by atoms with E-state index < -0.39 is 0 Å². The summed E-state index contributed by atoms with van der Waals surface area (Å²) in [5, 5.41) is 5.41. The van der Waals surface area contributed by atoms with Crippen molar-refractivity contribution in [1.82, 2.24) is 10.2 Å². The number of nitrogens with zero attached hydrogens (tertiary/aromatic N) is 1. The van der Waals surface area contributed by atoms with Crippen LogP contribution in [-0.4, -0.2) is 43.1 Å². The van der Waals surface area contributed by atoms with E-state index in [9.17, 15) is 4.79 Å². The number of piperazine rings is 1. The van der Waals surface area contributed by atoms with Crippen molar-refractivity contribution in [3.8, 4) is 5.75 Å². The molecule has 0 radical (unpaired) electrons. The summed E-state index contributed by atoms with van der Waals surface area (Å²) in [6.07, 6.45) is 6.00. The number of hydrogen-bond donors (Lipinski definition) is 1. The Bertz CT molecular complexity index is 472. The predicted molar refractivity (Wildman–Crippen MR) is 80.6 cm³/mol. The molecule has 2 aliphatic rings. The zero-order valence-electron chi connectivity index (χ0n) is 12.0. The molecule has 1 N–H and O–H groups in total. The monoisotopic (exact) mass is 294 g/mol. The number of nitrogens with one attached hydrogen (secondary N) is 1. The quantitative estimate of drug-likeness (QED) is 0.911. The molecule has 1 aromatic heterocycles. The summed E-state index contributed by atoms with van der Waals surface area (Å²) in [7, 11) is 1.63. The molecule has 2 fully saturated rings. The van der Waals surface area contributed by atoms with Gasteiger partial charge in [-0.15, -0.1) is 11.3 Å². The zero-order chi connectivity index (χ0) is 14.0. The molecule has 20 heavy (non-hydrogen) atoms. The third-order valence-electron chi connectivity index (χ3n) is 4.61. The van der Waals surface area contributed by atoms with Gasteiger partial charge in [0.05, 0.1) is 12.6 Å². The molecule has 0 atom stereocenters. The van der Waals surface area contributed by atoms with Crippen LogP contribution in [0.5, 0.6) is 5.75 Å². The lowest BCUT2D eigenvalue weighted by Crippen LogP contribution is -2.63. The number of carbonyl (C=O) groups is 1. The minimum absolute atomic E-state index is 0.0303. The maximum Gasteiger partial charge on any atom is 0.268 e. The summed E-state index contributed by atoms with van der Waals surface area (Å²) in [6.45, 7) is 2.63. The van der Waals surface area contributed by atoms with Crippen molar-refractivity contribution in [3.05, 3.63) is 16.3 Å². The average molecular weight is 294 g/mol. The lowest BCUT2D eigenvalue weighted by molar-refractivity contribution is 0.0225. The van der Waals surface area contributed by atoms with E-state index in [4.69, 9.17) is 4.74 Å². The van der Waals surface area contributed by atoms with Crippen molar-refractivity contribution in [3.63, 3.8) is 0 Å². The summed E-state index contributed by atoms with van der Waals surface area (Å²) in [5.74, 6) is 0.866. The van der Waals surface area contributed by atoms with Crippen molar-refractivity contribution in [2.24, 2.45) is 0 Å². The van der Waals surface area contributed by atoms with E-state index in [-0.39, 0.29) is 11.4 Å². The Labute approximate surface area is 124 Å². The summed E-state index contributed by atoms with van der Waals surface area (Å²) in [4.78, 5) is 15.8.